The molecule has 1 aliphatic heterocycles. The van der Waals surface area contributed by atoms with Gasteiger partial charge in [0.05, 0.1) is 0 Å². The van der Waals surface area contributed by atoms with Crippen LogP contribution in [-0.2, 0) is 8.00 Å². The molecule has 1 fully saturated rings. The van der Waals surface area contributed by atoms with E-state index in [0.29, 0.717) is 0 Å². The maximum absolute atomic E-state index is 10.6. The molecule has 1 heterocycles. The van der Waals surface area contributed by atoms with Crippen LogP contribution in [-0.4, -0.2) is 11.7 Å². The normalized spacial score (nSPS) is 33.8. The summed E-state index contributed by atoms with van der Waals surface area (Å²) in [7, 11) is 1.44. The Morgan fingerprint density at radius 2 is 2.50 bits per heavy atom. The van der Waals surface area contributed by atoms with E-state index < -0.39 is 21.6 Å². The fourth-order valence-corrected chi connectivity index (χ4v) is 1.57. The Kier molecular flexibility index (Phi) is 6.53. The first-order valence-corrected chi connectivity index (χ1v) is 4.70. The molecule has 0 spiro atoms. The molecule has 0 amide bonds. The van der Waals surface area contributed by atoms with Gasteiger partial charge >= 0.3 is 62.5 Å². The summed E-state index contributed by atoms with van der Waals surface area (Å²) in [5, 5.41) is 10.5. The van der Waals surface area contributed by atoms with Crippen molar-refractivity contribution in [1.29, 1.82) is 0 Å². The van der Waals surface area contributed by atoms with Gasteiger partial charge in [0.25, 0.3) is 0 Å². The molecule has 64 valence electrons. The van der Waals surface area contributed by atoms with E-state index in [1.807, 2.05) is 0 Å². The van der Waals surface area contributed by atoms with Crippen LogP contribution in [0.3, 0.4) is 0 Å². The third kappa shape index (κ3) is 3.08. The Balaban J connectivity index is 0.000000810. The van der Waals surface area contributed by atoms with E-state index in [1.54, 1.807) is 0 Å². The minimum absolute atomic E-state index is 0. The smallest absolute Gasteiger partial charge is 1.00 e. The largest absolute Gasteiger partial charge is 1.00 e. The van der Waals surface area contributed by atoms with Crippen molar-refractivity contribution in [2.45, 2.75) is 0 Å². The van der Waals surface area contributed by atoms with E-state index in [0.717, 1.165) is 4.55 Å². The number of alkyl halides is 1. The molecule has 10 heavy (non-hydrogen) atoms. The molecule has 0 aromatic carbocycles. The summed E-state index contributed by atoms with van der Waals surface area (Å²) in [4.78, 5) is 4.65. The SMILES string of the molecule is CO[NH+]1NC[I-]O[NH+]1[O-].[I-]. The van der Waals surface area contributed by atoms with Crippen molar-refractivity contribution in [2.75, 3.05) is 11.7 Å². The Hall–Kier alpha value is 1.22. The van der Waals surface area contributed by atoms with Crippen molar-refractivity contribution in [2.24, 2.45) is 0 Å². The maximum atomic E-state index is 10.6. The average Bonchev–Trinajstić information content (AvgIpc) is 1.89. The molecule has 0 aromatic rings. The fraction of sp³-hybridized carbons (Fsp3) is 1.00. The van der Waals surface area contributed by atoms with Gasteiger partial charge in [-0.2, -0.15) is 0 Å². The molecule has 0 aromatic heterocycles. The summed E-state index contributed by atoms with van der Waals surface area (Å²) in [6.45, 7) is 0. The van der Waals surface area contributed by atoms with Gasteiger partial charge in [-0.25, -0.2) is 0 Å². The number of nitrogens with one attached hydrogen (secondary N) is 3. The first-order chi connectivity index (χ1) is 4.34. The summed E-state index contributed by atoms with van der Waals surface area (Å²) < 4.78 is 5.47. The predicted octanol–water partition coefficient (Wildman–Crippen LogP) is -9.85. The van der Waals surface area contributed by atoms with Crippen LogP contribution >= 0.6 is 0 Å². The van der Waals surface area contributed by atoms with Crippen LogP contribution in [0.1, 0.15) is 0 Å². The standard InChI is InChI=1S/C2H8IN3O3.HI/c1-8-5-4-2-3-9-6(5)7;/h4-6H,2H2,1H3;1H/p-1. The predicted molar refractivity (Wildman–Crippen MR) is 21.4 cm³/mol. The van der Waals surface area contributed by atoms with Gasteiger partial charge < -0.3 is 24.0 Å². The quantitative estimate of drug-likeness (QED) is 0.184. The van der Waals surface area contributed by atoms with Crippen LogP contribution in [0.15, 0.2) is 0 Å². The van der Waals surface area contributed by atoms with E-state index in [-0.39, 0.29) is 34.6 Å². The van der Waals surface area contributed by atoms with Crippen LogP contribution in [0.25, 0.3) is 0 Å². The van der Waals surface area contributed by atoms with Crippen molar-refractivity contribution >= 4 is 0 Å². The molecule has 1 aliphatic rings. The fourth-order valence-electron chi connectivity index (χ4n) is 0.427. The topological polar surface area (TPSA) is 62.4 Å². The van der Waals surface area contributed by atoms with Crippen molar-refractivity contribution in [3.05, 3.63) is 5.21 Å². The third-order valence-electron chi connectivity index (χ3n) is 0.796. The Morgan fingerprint density at radius 1 is 1.80 bits per heavy atom. The first-order valence-electron chi connectivity index (χ1n) is 2.30. The average molecular weight is 376 g/mol. The Morgan fingerprint density at radius 3 is 2.90 bits per heavy atom. The van der Waals surface area contributed by atoms with Gasteiger partial charge in [0, 0.05) is 0 Å². The van der Waals surface area contributed by atoms with E-state index in [1.165, 1.54) is 7.11 Å². The molecule has 8 heteroatoms. The number of hydrogen-bond acceptors (Lipinski definition) is 4. The monoisotopic (exact) mass is 376 g/mol. The number of quaternary nitrogens is 2. The summed E-state index contributed by atoms with van der Waals surface area (Å²) in [5.41, 5.74) is 2.79. The summed E-state index contributed by atoms with van der Waals surface area (Å²) >= 11 is -0.420. The molecule has 2 atom stereocenters. The zero-order valence-corrected chi connectivity index (χ0v) is 9.50. The van der Waals surface area contributed by atoms with E-state index >= 15 is 0 Å². The van der Waals surface area contributed by atoms with Gasteiger partial charge in [0.15, 0.2) is 0 Å². The maximum Gasteiger partial charge on any atom is -1.00 e. The number of hydrogen-bond donors (Lipinski definition) is 3. The molecule has 2 unspecified atom stereocenters. The van der Waals surface area contributed by atoms with Gasteiger partial charge in [-0.05, 0) is 0 Å². The van der Waals surface area contributed by atoms with Crippen LogP contribution in [0.2, 0.25) is 0 Å². The summed E-state index contributed by atoms with van der Waals surface area (Å²) in [5.74, 6) is 0. The Labute approximate surface area is 86.1 Å². The van der Waals surface area contributed by atoms with Crippen LogP contribution in [0, 0.1) is 5.21 Å². The van der Waals surface area contributed by atoms with Crippen LogP contribution in [0.5, 0.6) is 0 Å². The van der Waals surface area contributed by atoms with Gasteiger partial charge in [-0.1, -0.05) is 0 Å². The molecule has 1 saturated heterocycles. The van der Waals surface area contributed by atoms with E-state index in [9.17, 15) is 5.21 Å². The zero-order valence-electron chi connectivity index (χ0n) is 5.19. The second-order valence-corrected chi connectivity index (χ2v) is 3.14. The second-order valence-electron chi connectivity index (χ2n) is 1.32. The van der Waals surface area contributed by atoms with Gasteiger partial charge in [0.1, 0.15) is 0 Å². The summed E-state index contributed by atoms with van der Waals surface area (Å²) in [6.07, 6.45) is 0. The molecular weight excluding hydrogens is 368 g/mol. The molecule has 0 bridgehead atoms. The third-order valence-corrected chi connectivity index (χ3v) is 2.20. The molecule has 6 nitrogen and oxygen atoms in total. The molecule has 0 radical (unpaired) electrons. The number of halogens is 2. The molecule has 1 rings (SSSR count). The van der Waals surface area contributed by atoms with Crippen molar-refractivity contribution in [3.8, 4) is 0 Å². The van der Waals surface area contributed by atoms with Crippen LogP contribution < -0.4 is 61.6 Å². The minimum Gasteiger partial charge on any atom is -1.00 e. The van der Waals surface area contributed by atoms with Crippen molar-refractivity contribution in [3.63, 3.8) is 0 Å². The van der Waals surface area contributed by atoms with Gasteiger partial charge in [-0.3, -0.25) is 0 Å². The molecule has 0 saturated carbocycles. The van der Waals surface area contributed by atoms with Gasteiger partial charge in [0.2, 0.25) is 0 Å². The minimum atomic E-state index is -0.420. The first kappa shape index (κ1) is 11.2. The second kappa shape index (κ2) is 5.82. The Bertz CT molecular complexity index is 95.8. The van der Waals surface area contributed by atoms with E-state index in [2.05, 4.69) is 10.3 Å². The van der Waals surface area contributed by atoms with E-state index in [4.69, 9.17) is 3.17 Å². The van der Waals surface area contributed by atoms with Crippen molar-refractivity contribution < 1.29 is 64.2 Å². The summed E-state index contributed by atoms with van der Waals surface area (Å²) in [6, 6.07) is 0. The number of rotatable bonds is 1. The molecule has 0 aliphatic carbocycles. The molecule has 3 N–H and O–H groups in total. The van der Waals surface area contributed by atoms with Crippen molar-refractivity contribution in [1.82, 2.24) is 5.43 Å². The van der Waals surface area contributed by atoms with Gasteiger partial charge in [-0.15, -0.1) is 0 Å². The molecular formula is C2H8I2N3O3-. The zero-order chi connectivity index (χ0) is 6.69. The van der Waals surface area contributed by atoms with Crippen LogP contribution in [0.4, 0.5) is 0 Å².